The number of carbonyl (C=O) groups excluding carboxylic acids is 2. The van der Waals surface area contributed by atoms with Crippen molar-refractivity contribution in [1.29, 1.82) is 10.5 Å². The maximum atomic E-state index is 12.2. The van der Waals surface area contributed by atoms with Crippen LogP contribution in [0.15, 0.2) is 28.8 Å². The van der Waals surface area contributed by atoms with Crippen molar-refractivity contribution in [2.75, 3.05) is 11.1 Å². The highest BCUT2D eigenvalue weighted by Gasteiger charge is 2.44. The zero-order valence-corrected chi connectivity index (χ0v) is 16.2. The van der Waals surface area contributed by atoms with E-state index in [1.54, 1.807) is 32.0 Å². The number of nitrogens with one attached hydrogen (secondary N) is 2. The van der Waals surface area contributed by atoms with Crippen LogP contribution in [0, 0.1) is 34.0 Å². The molecule has 1 aromatic carbocycles. The van der Waals surface area contributed by atoms with Crippen molar-refractivity contribution >= 4 is 52.5 Å². The minimum absolute atomic E-state index is 0.0738. The van der Waals surface area contributed by atoms with Gasteiger partial charge < -0.3 is 10.6 Å². The number of anilines is 1. The van der Waals surface area contributed by atoms with E-state index in [-0.39, 0.29) is 16.4 Å². The van der Waals surface area contributed by atoms with Crippen LogP contribution in [0.4, 0.5) is 5.69 Å². The summed E-state index contributed by atoms with van der Waals surface area (Å²) in [6.45, 7) is 3.31. The largest absolute Gasteiger partial charge is 0.323 e. The van der Waals surface area contributed by atoms with Gasteiger partial charge in [0.1, 0.15) is 5.92 Å². The third kappa shape index (κ3) is 3.96. The molecule has 1 aromatic rings. The molecule has 134 valence electrons. The van der Waals surface area contributed by atoms with Crippen LogP contribution in [0.5, 0.6) is 0 Å². The average molecular weight is 409 g/mol. The molecule has 0 aromatic heterocycles. The van der Waals surface area contributed by atoms with Gasteiger partial charge in [0, 0.05) is 5.41 Å². The Hall–Kier alpha value is -2.19. The van der Waals surface area contributed by atoms with Crippen molar-refractivity contribution < 1.29 is 9.59 Å². The van der Waals surface area contributed by atoms with Crippen molar-refractivity contribution in [3.8, 4) is 12.1 Å². The number of rotatable bonds is 4. The van der Waals surface area contributed by atoms with Gasteiger partial charge in [-0.25, -0.2) is 0 Å². The molecule has 0 saturated heterocycles. The Morgan fingerprint density at radius 2 is 1.96 bits per heavy atom. The standard InChI is InChI=1S/C17H14Cl2N4O2S/c1-17(2)9(6-20)15(25)23-16(10(17)7-21)26-8-13(24)22-14-11(18)4-3-5-12(14)19/h3-5,9H,8H2,1-2H3,(H,22,24)(H,23,25)/t9-/m1/s1. The summed E-state index contributed by atoms with van der Waals surface area (Å²) < 4.78 is 0. The Balaban J connectivity index is 2.16. The van der Waals surface area contributed by atoms with Crippen LogP contribution in [-0.2, 0) is 9.59 Å². The summed E-state index contributed by atoms with van der Waals surface area (Å²) >= 11 is 13.0. The molecule has 2 N–H and O–H groups in total. The summed E-state index contributed by atoms with van der Waals surface area (Å²) in [5.74, 6) is -1.94. The van der Waals surface area contributed by atoms with E-state index in [4.69, 9.17) is 23.2 Å². The lowest BCUT2D eigenvalue weighted by atomic mass is 9.72. The molecule has 9 heteroatoms. The molecule has 2 amide bonds. The number of carbonyl (C=O) groups is 2. The van der Waals surface area contributed by atoms with Crippen LogP contribution in [-0.4, -0.2) is 17.6 Å². The van der Waals surface area contributed by atoms with E-state index in [1.165, 1.54) is 0 Å². The summed E-state index contributed by atoms with van der Waals surface area (Å²) in [5.41, 5.74) is -0.387. The van der Waals surface area contributed by atoms with Gasteiger partial charge in [-0.15, -0.1) is 0 Å². The van der Waals surface area contributed by atoms with Gasteiger partial charge in [-0.3, -0.25) is 9.59 Å². The van der Waals surface area contributed by atoms with E-state index in [9.17, 15) is 20.1 Å². The number of hydrogen-bond donors (Lipinski definition) is 2. The number of para-hydroxylation sites is 1. The third-order valence-electron chi connectivity index (χ3n) is 3.91. The Labute approximate surface area is 165 Å². The molecule has 0 bridgehead atoms. The van der Waals surface area contributed by atoms with Crippen molar-refractivity contribution in [3.05, 3.63) is 38.8 Å². The maximum absolute atomic E-state index is 12.2. The molecule has 0 radical (unpaired) electrons. The Bertz CT molecular complexity index is 863. The van der Waals surface area contributed by atoms with Crippen LogP contribution in [0.2, 0.25) is 10.0 Å². The smallest absolute Gasteiger partial charge is 0.243 e. The second-order valence-electron chi connectivity index (χ2n) is 6.02. The summed E-state index contributed by atoms with van der Waals surface area (Å²) in [6.07, 6.45) is 0. The van der Waals surface area contributed by atoms with Crippen LogP contribution in [0.25, 0.3) is 0 Å². The fraction of sp³-hybridized carbons (Fsp3) is 0.294. The first-order valence-corrected chi connectivity index (χ1v) is 9.18. The molecule has 1 atom stereocenters. The quantitative estimate of drug-likeness (QED) is 0.789. The lowest BCUT2D eigenvalue weighted by molar-refractivity contribution is -0.125. The van der Waals surface area contributed by atoms with Crippen molar-refractivity contribution in [2.45, 2.75) is 13.8 Å². The second-order valence-corrected chi connectivity index (χ2v) is 7.82. The number of hydrogen-bond acceptors (Lipinski definition) is 5. The van der Waals surface area contributed by atoms with Crippen LogP contribution >= 0.6 is 35.0 Å². The summed E-state index contributed by atoms with van der Waals surface area (Å²) in [6, 6.07) is 8.81. The fourth-order valence-corrected chi connectivity index (χ4v) is 3.93. The molecule has 1 aliphatic rings. The van der Waals surface area contributed by atoms with Crippen molar-refractivity contribution in [3.63, 3.8) is 0 Å². The first-order chi connectivity index (χ1) is 12.2. The number of amides is 2. The van der Waals surface area contributed by atoms with Gasteiger partial charge in [0.2, 0.25) is 11.8 Å². The lowest BCUT2D eigenvalue weighted by Crippen LogP contribution is -2.44. The van der Waals surface area contributed by atoms with E-state index in [0.29, 0.717) is 15.7 Å². The second kappa shape index (κ2) is 8.01. The van der Waals surface area contributed by atoms with Gasteiger partial charge in [0.25, 0.3) is 0 Å². The van der Waals surface area contributed by atoms with E-state index in [1.807, 2.05) is 12.1 Å². The maximum Gasteiger partial charge on any atom is 0.243 e. The molecular weight excluding hydrogens is 395 g/mol. The summed E-state index contributed by atoms with van der Waals surface area (Å²) in [4.78, 5) is 24.3. The van der Waals surface area contributed by atoms with Crippen LogP contribution in [0.3, 0.4) is 0 Å². The Morgan fingerprint density at radius 3 is 2.50 bits per heavy atom. The first kappa shape index (κ1) is 20.1. The highest BCUT2D eigenvalue weighted by Crippen LogP contribution is 2.41. The third-order valence-corrected chi connectivity index (χ3v) is 5.54. The number of thioether (sulfide) groups is 1. The molecule has 0 spiro atoms. The normalized spacial score (nSPS) is 18.5. The first-order valence-electron chi connectivity index (χ1n) is 7.44. The van der Waals surface area contributed by atoms with Crippen molar-refractivity contribution in [2.24, 2.45) is 11.3 Å². The number of nitriles is 2. The fourth-order valence-electron chi connectivity index (χ4n) is 2.46. The average Bonchev–Trinajstić information content (AvgIpc) is 2.56. The Kier molecular flexibility index (Phi) is 6.20. The number of allylic oxidation sites excluding steroid dienone is 1. The summed E-state index contributed by atoms with van der Waals surface area (Å²) in [5, 5.41) is 24.7. The van der Waals surface area contributed by atoms with Gasteiger partial charge >= 0.3 is 0 Å². The monoisotopic (exact) mass is 408 g/mol. The number of nitrogens with zero attached hydrogens (tertiary/aromatic N) is 2. The van der Waals surface area contributed by atoms with Gasteiger partial charge in [-0.2, -0.15) is 10.5 Å². The van der Waals surface area contributed by atoms with Gasteiger partial charge in [0.05, 0.1) is 44.2 Å². The minimum atomic E-state index is -0.975. The molecule has 0 unspecified atom stereocenters. The highest BCUT2D eigenvalue weighted by atomic mass is 35.5. The van der Waals surface area contributed by atoms with E-state index < -0.39 is 23.1 Å². The zero-order valence-electron chi connectivity index (χ0n) is 13.9. The van der Waals surface area contributed by atoms with E-state index in [0.717, 1.165) is 11.8 Å². The molecule has 0 fully saturated rings. The van der Waals surface area contributed by atoms with Gasteiger partial charge in [-0.05, 0) is 12.1 Å². The van der Waals surface area contributed by atoms with Crippen molar-refractivity contribution in [1.82, 2.24) is 5.32 Å². The van der Waals surface area contributed by atoms with Gasteiger partial charge in [0.15, 0.2) is 0 Å². The SMILES string of the molecule is CC1(C)C(C#N)=C(SCC(=O)Nc2c(Cl)cccc2Cl)NC(=O)[C@H]1C#N. The minimum Gasteiger partial charge on any atom is -0.323 e. The predicted octanol–water partition coefficient (Wildman–Crippen LogP) is 3.70. The van der Waals surface area contributed by atoms with Gasteiger partial charge in [-0.1, -0.05) is 54.9 Å². The van der Waals surface area contributed by atoms with Crippen LogP contribution in [0.1, 0.15) is 13.8 Å². The molecule has 1 aliphatic heterocycles. The Morgan fingerprint density at radius 1 is 1.35 bits per heavy atom. The predicted molar refractivity (Wildman–Crippen MR) is 101 cm³/mol. The number of halogens is 2. The molecule has 2 rings (SSSR count). The molecule has 6 nitrogen and oxygen atoms in total. The summed E-state index contributed by atoms with van der Waals surface area (Å²) in [7, 11) is 0. The molecule has 26 heavy (non-hydrogen) atoms. The van der Waals surface area contributed by atoms with E-state index >= 15 is 0 Å². The zero-order chi connectivity index (χ0) is 19.5. The lowest BCUT2D eigenvalue weighted by Gasteiger charge is -2.34. The molecular formula is C17H14Cl2N4O2S. The topological polar surface area (TPSA) is 106 Å². The molecule has 0 aliphatic carbocycles. The van der Waals surface area contributed by atoms with E-state index in [2.05, 4.69) is 10.6 Å². The number of benzene rings is 1. The molecule has 0 saturated carbocycles. The highest BCUT2D eigenvalue weighted by molar-refractivity contribution is 8.03. The molecule has 1 heterocycles. The van der Waals surface area contributed by atoms with Crippen LogP contribution < -0.4 is 10.6 Å².